The number of rotatable bonds is 5. The van der Waals surface area contributed by atoms with Crippen molar-refractivity contribution in [2.45, 2.75) is 51.9 Å². The highest BCUT2D eigenvalue weighted by molar-refractivity contribution is 5.97. The summed E-state index contributed by atoms with van der Waals surface area (Å²) in [4.78, 5) is 23.8. The molecule has 120 valence electrons. The number of hydrogen-bond donors (Lipinski definition) is 2. The minimum atomic E-state index is -0.141. The molecule has 0 heterocycles. The van der Waals surface area contributed by atoms with Crippen molar-refractivity contribution >= 4 is 17.5 Å². The number of benzene rings is 1. The van der Waals surface area contributed by atoms with Gasteiger partial charge in [-0.05, 0) is 37.0 Å². The molecule has 0 saturated heterocycles. The second-order valence-electron chi connectivity index (χ2n) is 6.20. The lowest BCUT2D eigenvalue weighted by Crippen LogP contribution is -2.19. The van der Waals surface area contributed by atoms with E-state index in [1.807, 2.05) is 13.0 Å². The largest absolute Gasteiger partial charge is 0.355 e. The fourth-order valence-electron chi connectivity index (χ4n) is 3.07. The van der Waals surface area contributed by atoms with Gasteiger partial charge in [-0.3, -0.25) is 9.59 Å². The second kappa shape index (κ2) is 7.97. The molecule has 2 N–H and O–H groups in total. The van der Waals surface area contributed by atoms with E-state index in [1.54, 1.807) is 19.2 Å². The van der Waals surface area contributed by atoms with Gasteiger partial charge in [0, 0.05) is 24.7 Å². The highest BCUT2D eigenvalue weighted by Gasteiger charge is 2.15. The van der Waals surface area contributed by atoms with Crippen molar-refractivity contribution in [1.82, 2.24) is 5.32 Å². The van der Waals surface area contributed by atoms with Crippen LogP contribution >= 0.6 is 0 Å². The monoisotopic (exact) mass is 302 g/mol. The van der Waals surface area contributed by atoms with Crippen molar-refractivity contribution in [3.05, 3.63) is 29.3 Å². The number of carbonyl (C=O) groups is 2. The van der Waals surface area contributed by atoms with E-state index in [4.69, 9.17) is 0 Å². The highest BCUT2D eigenvalue weighted by atomic mass is 16.2. The fourth-order valence-corrected chi connectivity index (χ4v) is 3.07. The van der Waals surface area contributed by atoms with Crippen LogP contribution in [0.3, 0.4) is 0 Å². The van der Waals surface area contributed by atoms with Crippen LogP contribution in [0.5, 0.6) is 0 Å². The van der Waals surface area contributed by atoms with Crippen molar-refractivity contribution in [3.63, 3.8) is 0 Å². The number of amides is 2. The van der Waals surface area contributed by atoms with Gasteiger partial charge in [0.25, 0.3) is 5.91 Å². The van der Waals surface area contributed by atoms with E-state index in [0.29, 0.717) is 17.9 Å². The third-order valence-corrected chi connectivity index (χ3v) is 4.51. The molecule has 2 amide bonds. The maximum Gasteiger partial charge on any atom is 0.251 e. The zero-order valence-electron chi connectivity index (χ0n) is 13.6. The molecule has 0 aliphatic heterocycles. The Morgan fingerprint density at radius 3 is 2.59 bits per heavy atom. The maximum atomic E-state index is 12.1. The van der Waals surface area contributed by atoms with Gasteiger partial charge in [-0.15, -0.1) is 0 Å². The molecule has 1 saturated carbocycles. The molecule has 0 bridgehead atoms. The second-order valence-corrected chi connectivity index (χ2v) is 6.20. The molecule has 0 atom stereocenters. The van der Waals surface area contributed by atoms with Crippen LogP contribution in [-0.2, 0) is 4.79 Å². The first-order valence-corrected chi connectivity index (χ1v) is 8.22. The van der Waals surface area contributed by atoms with Gasteiger partial charge in [-0.1, -0.05) is 38.2 Å². The van der Waals surface area contributed by atoms with Crippen LogP contribution < -0.4 is 10.6 Å². The third kappa shape index (κ3) is 4.58. The van der Waals surface area contributed by atoms with Gasteiger partial charge >= 0.3 is 0 Å². The van der Waals surface area contributed by atoms with Crippen LogP contribution in [0.4, 0.5) is 5.69 Å². The average molecular weight is 302 g/mol. The summed E-state index contributed by atoms with van der Waals surface area (Å²) in [5.74, 6) is 0.609. The number of hydrogen-bond acceptors (Lipinski definition) is 2. The molecule has 1 aliphatic rings. The SMILES string of the molecule is CNC(=O)c1ccc(C)c(NC(=O)CCC2CCCCC2)c1. The van der Waals surface area contributed by atoms with E-state index in [2.05, 4.69) is 10.6 Å². The normalized spacial score (nSPS) is 15.4. The first-order valence-electron chi connectivity index (χ1n) is 8.22. The van der Waals surface area contributed by atoms with E-state index in [0.717, 1.165) is 17.7 Å². The zero-order valence-corrected chi connectivity index (χ0v) is 13.6. The summed E-state index contributed by atoms with van der Waals surface area (Å²) in [6.45, 7) is 1.93. The molecule has 0 radical (unpaired) electrons. The predicted molar refractivity (Wildman–Crippen MR) is 89.0 cm³/mol. The van der Waals surface area contributed by atoms with Gasteiger partial charge in [-0.2, -0.15) is 0 Å². The van der Waals surface area contributed by atoms with Gasteiger partial charge in [0.15, 0.2) is 0 Å². The van der Waals surface area contributed by atoms with Gasteiger partial charge < -0.3 is 10.6 Å². The van der Waals surface area contributed by atoms with Gasteiger partial charge in [0.05, 0.1) is 0 Å². The summed E-state index contributed by atoms with van der Waals surface area (Å²) in [5.41, 5.74) is 2.27. The third-order valence-electron chi connectivity index (χ3n) is 4.51. The van der Waals surface area contributed by atoms with Crippen LogP contribution in [0.1, 0.15) is 60.9 Å². The molecule has 0 aromatic heterocycles. The Labute approximate surface area is 132 Å². The van der Waals surface area contributed by atoms with E-state index >= 15 is 0 Å². The molecular weight excluding hydrogens is 276 g/mol. The zero-order chi connectivity index (χ0) is 15.9. The summed E-state index contributed by atoms with van der Waals surface area (Å²) in [6, 6.07) is 5.37. The van der Waals surface area contributed by atoms with Gasteiger partial charge in [0.2, 0.25) is 5.91 Å². The summed E-state index contributed by atoms with van der Waals surface area (Å²) < 4.78 is 0. The molecule has 0 spiro atoms. The molecular formula is C18H26N2O2. The lowest BCUT2D eigenvalue weighted by Gasteiger charge is -2.21. The summed E-state index contributed by atoms with van der Waals surface area (Å²) in [7, 11) is 1.60. The number of carbonyl (C=O) groups excluding carboxylic acids is 2. The molecule has 1 aromatic carbocycles. The first-order chi connectivity index (χ1) is 10.6. The average Bonchev–Trinajstić information content (AvgIpc) is 2.55. The Kier molecular flexibility index (Phi) is 5.99. The summed E-state index contributed by atoms with van der Waals surface area (Å²) >= 11 is 0. The lowest BCUT2D eigenvalue weighted by molar-refractivity contribution is -0.116. The Morgan fingerprint density at radius 2 is 1.91 bits per heavy atom. The van der Waals surface area contributed by atoms with Crippen LogP contribution in [0, 0.1) is 12.8 Å². The lowest BCUT2D eigenvalue weighted by atomic mass is 9.86. The minimum Gasteiger partial charge on any atom is -0.355 e. The van der Waals surface area contributed by atoms with E-state index in [-0.39, 0.29) is 11.8 Å². The summed E-state index contributed by atoms with van der Waals surface area (Å²) in [5, 5.41) is 5.55. The standard InChI is InChI=1S/C18H26N2O2/c1-13-8-10-15(18(22)19-2)12-16(13)20-17(21)11-9-14-6-4-3-5-7-14/h8,10,12,14H,3-7,9,11H2,1-2H3,(H,19,22)(H,20,21). The molecule has 4 heteroatoms. The highest BCUT2D eigenvalue weighted by Crippen LogP contribution is 2.27. The van der Waals surface area contributed by atoms with Crippen LogP contribution in [0.15, 0.2) is 18.2 Å². The van der Waals surface area contributed by atoms with Crippen LogP contribution in [0.25, 0.3) is 0 Å². The van der Waals surface area contributed by atoms with Gasteiger partial charge in [-0.25, -0.2) is 0 Å². The topological polar surface area (TPSA) is 58.2 Å². The Balaban J connectivity index is 1.91. The number of nitrogens with one attached hydrogen (secondary N) is 2. The molecule has 1 aliphatic carbocycles. The molecule has 22 heavy (non-hydrogen) atoms. The molecule has 1 aromatic rings. The molecule has 2 rings (SSSR count). The fraction of sp³-hybridized carbons (Fsp3) is 0.556. The first kappa shape index (κ1) is 16.5. The summed E-state index contributed by atoms with van der Waals surface area (Å²) in [6.07, 6.45) is 8.01. The van der Waals surface area contributed by atoms with Crippen molar-refractivity contribution in [1.29, 1.82) is 0 Å². The predicted octanol–water partition coefficient (Wildman–Crippen LogP) is 3.65. The van der Waals surface area contributed by atoms with Crippen molar-refractivity contribution in [2.75, 3.05) is 12.4 Å². The number of anilines is 1. The Hall–Kier alpha value is -1.84. The van der Waals surface area contributed by atoms with Crippen molar-refractivity contribution in [3.8, 4) is 0 Å². The smallest absolute Gasteiger partial charge is 0.251 e. The molecule has 1 fully saturated rings. The van der Waals surface area contributed by atoms with E-state index in [1.165, 1.54) is 32.1 Å². The van der Waals surface area contributed by atoms with Gasteiger partial charge in [0.1, 0.15) is 0 Å². The Morgan fingerprint density at radius 1 is 1.18 bits per heavy atom. The van der Waals surface area contributed by atoms with Crippen molar-refractivity contribution < 1.29 is 9.59 Å². The van der Waals surface area contributed by atoms with E-state index in [9.17, 15) is 9.59 Å². The maximum absolute atomic E-state index is 12.1. The Bertz CT molecular complexity index is 534. The minimum absolute atomic E-state index is 0.0442. The molecule has 4 nitrogen and oxygen atoms in total. The van der Waals surface area contributed by atoms with Crippen LogP contribution in [0.2, 0.25) is 0 Å². The van der Waals surface area contributed by atoms with Crippen LogP contribution in [-0.4, -0.2) is 18.9 Å². The van der Waals surface area contributed by atoms with Crippen molar-refractivity contribution in [2.24, 2.45) is 5.92 Å². The van der Waals surface area contributed by atoms with E-state index < -0.39 is 0 Å². The molecule has 0 unspecified atom stereocenters. The number of aryl methyl sites for hydroxylation is 1. The quantitative estimate of drug-likeness (QED) is 0.872.